The van der Waals surface area contributed by atoms with Crippen LogP contribution in [0.15, 0.2) is 22.7 Å². The van der Waals surface area contributed by atoms with E-state index in [0.717, 1.165) is 15.6 Å². The molecule has 3 rings (SSSR count). The molecule has 0 fully saturated rings. The van der Waals surface area contributed by atoms with Crippen LogP contribution in [-0.2, 0) is 0 Å². The summed E-state index contributed by atoms with van der Waals surface area (Å²) in [7, 11) is 0. The fourth-order valence-corrected chi connectivity index (χ4v) is 3.54. The summed E-state index contributed by atoms with van der Waals surface area (Å²) in [6.07, 6.45) is 2.43. The molecule has 92 valence electrons. The van der Waals surface area contributed by atoms with E-state index in [1.807, 2.05) is 6.07 Å². The molecule has 18 heavy (non-hydrogen) atoms. The molecule has 0 aliphatic carbocycles. The Labute approximate surface area is 115 Å². The second-order valence-corrected chi connectivity index (χ2v) is 6.19. The zero-order valence-electron chi connectivity index (χ0n) is 10.6. The molecule has 2 unspecified atom stereocenters. The number of benzene rings is 1. The zero-order valence-corrected chi connectivity index (χ0v) is 12.2. The Morgan fingerprint density at radius 1 is 1.28 bits per heavy atom. The molecular formula is C15H15BrN2. The topological polar surface area (TPSA) is 28.7 Å². The Balaban J connectivity index is 2.42. The average molecular weight is 303 g/mol. The summed E-state index contributed by atoms with van der Waals surface area (Å²) in [6.45, 7) is 4.52. The van der Waals surface area contributed by atoms with Crippen molar-refractivity contribution >= 4 is 26.8 Å². The first-order valence-corrected chi connectivity index (χ1v) is 7.15. The van der Waals surface area contributed by atoms with Gasteiger partial charge in [0.25, 0.3) is 0 Å². The maximum atomic E-state index is 9.35. The van der Waals surface area contributed by atoms with Gasteiger partial charge in [-0.2, -0.15) is 5.26 Å². The number of halogens is 1. The predicted molar refractivity (Wildman–Crippen MR) is 76.7 cm³/mol. The molecule has 0 amide bonds. The Morgan fingerprint density at radius 3 is 2.78 bits per heavy atom. The minimum Gasteiger partial charge on any atom is -0.340 e. The highest BCUT2D eigenvalue weighted by Crippen LogP contribution is 2.39. The van der Waals surface area contributed by atoms with Crippen LogP contribution in [-0.4, -0.2) is 4.57 Å². The monoisotopic (exact) mass is 302 g/mol. The lowest BCUT2D eigenvalue weighted by Gasteiger charge is -2.28. The summed E-state index contributed by atoms with van der Waals surface area (Å²) in [5.74, 6) is 0.582. The van der Waals surface area contributed by atoms with Crippen LogP contribution in [0.1, 0.15) is 49.9 Å². The Kier molecular flexibility index (Phi) is 2.71. The van der Waals surface area contributed by atoms with Crippen LogP contribution in [0, 0.1) is 11.3 Å². The third-order valence-electron chi connectivity index (χ3n) is 4.01. The van der Waals surface area contributed by atoms with Crippen molar-refractivity contribution in [1.82, 2.24) is 4.57 Å². The summed E-state index contributed by atoms with van der Waals surface area (Å²) in [4.78, 5) is 0. The van der Waals surface area contributed by atoms with E-state index >= 15 is 0 Å². The van der Waals surface area contributed by atoms with Gasteiger partial charge in [-0.05, 0) is 43.9 Å². The summed E-state index contributed by atoms with van der Waals surface area (Å²) < 4.78 is 3.35. The number of hydrogen-bond donors (Lipinski definition) is 0. The smallest absolute Gasteiger partial charge is 0.101 e. The van der Waals surface area contributed by atoms with Gasteiger partial charge < -0.3 is 4.57 Å². The van der Waals surface area contributed by atoms with Crippen LogP contribution in [0.2, 0.25) is 0 Å². The van der Waals surface area contributed by atoms with E-state index in [9.17, 15) is 5.26 Å². The van der Waals surface area contributed by atoms with Crippen molar-refractivity contribution in [2.75, 3.05) is 0 Å². The highest BCUT2D eigenvalue weighted by atomic mass is 79.9. The van der Waals surface area contributed by atoms with E-state index in [-0.39, 0.29) is 0 Å². The van der Waals surface area contributed by atoms with Crippen LogP contribution in [0.4, 0.5) is 0 Å². The standard InChI is InChI=1S/C15H15BrN2/c1-9-3-4-10(2)18-14(9)7-11-5-13(16)6-12(8-17)15(11)18/h5-7,9-10H,3-4H2,1-2H3. The molecule has 2 atom stereocenters. The molecule has 0 radical (unpaired) electrons. The Bertz CT molecular complexity index is 663. The first-order valence-electron chi connectivity index (χ1n) is 6.36. The highest BCUT2D eigenvalue weighted by molar-refractivity contribution is 9.10. The molecule has 2 heterocycles. The SMILES string of the molecule is CC1CCC(C)n2c1cc1cc(Br)cc(C#N)c12. The first kappa shape index (κ1) is 11.8. The van der Waals surface area contributed by atoms with Crippen molar-refractivity contribution in [3.8, 4) is 6.07 Å². The van der Waals surface area contributed by atoms with Crippen molar-refractivity contribution in [2.45, 2.75) is 38.6 Å². The number of aromatic nitrogens is 1. The molecule has 1 aromatic carbocycles. The molecule has 1 aliphatic rings. The van der Waals surface area contributed by atoms with Gasteiger partial charge in [0.15, 0.2) is 0 Å². The van der Waals surface area contributed by atoms with Crippen molar-refractivity contribution in [2.24, 2.45) is 0 Å². The molecule has 1 aliphatic heterocycles. The van der Waals surface area contributed by atoms with E-state index in [1.165, 1.54) is 23.9 Å². The molecule has 0 N–H and O–H groups in total. The van der Waals surface area contributed by atoms with E-state index < -0.39 is 0 Å². The minimum atomic E-state index is 0.488. The van der Waals surface area contributed by atoms with Crippen LogP contribution in [0.5, 0.6) is 0 Å². The Morgan fingerprint density at radius 2 is 2.06 bits per heavy atom. The number of nitriles is 1. The average Bonchev–Trinajstić information content (AvgIpc) is 2.73. The Hall–Kier alpha value is -1.27. The lowest BCUT2D eigenvalue weighted by Crippen LogP contribution is -2.17. The van der Waals surface area contributed by atoms with Gasteiger partial charge in [0.1, 0.15) is 6.07 Å². The zero-order chi connectivity index (χ0) is 12.9. The summed E-state index contributed by atoms with van der Waals surface area (Å²) in [6, 6.07) is 9.10. The quantitative estimate of drug-likeness (QED) is 0.691. The molecule has 3 heteroatoms. The van der Waals surface area contributed by atoms with Crippen molar-refractivity contribution < 1.29 is 0 Å². The second-order valence-electron chi connectivity index (χ2n) is 5.27. The van der Waals surface area contributed by atoms with E-state index in [1.54, 1.807) is 0 Å². The van der Waals surface area contributed by atoms with Gasteiger partial charge in [0.05, 0.1) is 11.1 Å². The first-order chi connectivity index (χ1) is 8.61. The van der Waals surface area contributed by atoms with Crippen LogP contribution in [0.25, 0.3) is 10.9 Å². The minimum absolute atomic E-state index is 0.488. The number of nitrogens with zero attached hydrogens (tertiary/aromatic N) is 2. The molecule has 0 saturated heterocycles. The van der Waals surface area contributed by atoms with E-state index in [4.69, 9.17) is 0 Å². The summed E-state index contributed by atoms with van der Waals surface area (Å²) in [5.41, 5.74) is 3.25. The third-order valence-corrected chi connectivity index (χ3v) is 4.47. The van der Waals surface area contributed by atoms with Gasteiger partial charge in [-0.25, -0.2) is 0 Å². The van der Waals surface area contributed by atoms with Crippen LogP contribution >= 0.6 is 15.9 Å². The van der Waals surface area contributed by atoms with Gasteiger partial charge in [-0.1, -0.05) is 22.9 Å². The lowest BCUT2D eigenvalue weighted by atomic mass is 9.94. The lowest BCUT2D eigenvalue weighted by molar-refractivity contribution is 0.405. The molecule has 1 aromatic heterocycles. The van der Waals surface area contributed by atoms with E-state index in [0.29, 0.717) is 12.0 Å². The molecule has 0 saturated carbocycles. The van der Waals surface area contributed by atoms with Gasteiger partial charge in [-0.15, -0.1) is 0 Å². The van der Waals surface area contributed by atoms with Crippen LogP contribution < -0.4 is 0 Å². The second kappa shape index (κ2) is 4.13. The van der Waals surface area contributed by atoms with Crippen molar-refractivity contribution in [1.29, 1.82) is 5.26 Å². The van der Waals surface area contributed by atoms with Gasteiger partial charge in [0, 0.05) is 21.6 Å². The number of hydrogen-bond acceptors (Lipinski definition) is 1. The fourth-order valence-electron chi connectivity index (χ4n) is 3.07. The summed E-state index contributed by atoms with van der Waals surface area (Å²) >= 11 is 3.49. The molecule has 2 aromatic rings. The molecule has 0 spiro atoms. The van der Waals surface area contributed by atoms with Crippen LogP contribution in [0.3, 0.4) is 0 Å². The largest absolute Gasteiger partial charge is 0.340 e. The number of fused-ring (bicyclic) bond motifs is 3. The van der Waals surface area contributed by atoms with Crippen molar-refractivity contribution in [3.63, 3.8) is 0 Å². The van der Waals surface area contributed by atoms with Gasteiger partial charge in [-0.3, -0.25) is 0 Å². The molecule has 2 nitrogen and oxygen atoms in total. The predicted octanol–water partition coefficient (Wildman–Crippen LogP) is 4.73. The number of rotatable bonds is 0. The maximum Gasteiger partial charge on any atom is 0.101 e. The normalized spacial score (nSPS) is 22.8. The van der Waals surface area contributed by atoms with E-state index in [2.05, 4.69) is 52.5 Å². The van der Waals surface area contributed by atoms with Gasteiger partial charge >= 0.3 is 0 Å². The van der Waals surface area contributed by atoms with Gasteiger partial charge in [0.2, 0.25) is 0 Å². The maximum absolute atomic E-state index is 9.35. The molecular weight excluding hydrogens is 288 g/mol. The highest BCUT2D eigenvalue weighted by Gasteiger charge is 2.25. The fraction of sp³-hybridized carbons (Fsp3) is 0.400. The third kappa shape index (κ3) is 1.59. The molecule has 0 bridgehead atoms. The summed E-state index contributed by atoms with van der Waals surface area (Å²) in [5, 5.41) is 10.5. The van der Waals surface area contributed by atoms with Crippen molar-refractivity contribution in [3.05, 3.63) is 33.9 Å².